The summed E-state index contributed by atoms with van der Waals surface area (Å²) in [6.45, 7) is 4.25. The summed E-state index contributed by atoms with van der Waals surface area (Å²) in [5, 5.41) is 16.0. The van der Waals surface area contributed by atoms with Crippen molar-refractivity contribution in [2.24, 2.45) is 0 Å². The van der Waals surface area contributed by atoms with Crippen molar-refractivity contribution in [1.82, 2.24) is 25.0 Å². The highest BCUT2D eigenvalue weighted by atomic mass is 16.5. The van der Waals surface area contributed by atoms with Crippen LogP contribution in [0.4, 0.5) is 17.5 Å². The largest absolute Gasteiger partial charge is 0.380 e. The summed E-state index contributed by atoms with van der Waals surface area (Å²) in [6, 6.07) is 23.2. The SMILES string of the molecule is CC[C@H](Nc1cc(C)nc(N)n1)c1nc2cccc(NCc3ccc(C(=O)NO)cc3)c2c(=O)n1-c1ccccc1. The predicted octanol–water partition coefficient (Wildman–Crippen LogP) is 4.36. The highest BCUT2D eigenvalue weighted by molar-refractivity contribution is 5.93. The molecule has 0 spiro atoms. The third kappa shape index (κ3) is 5.85. The molecule has 0 saturated carbocycles. The fourth-order valence-corrected chi connectivity index (χ4v) is 4.68. The number of hydroxylamine groups is 1. The molecule has 3 aromatic carbocycles. The van der Waals surface area contributed by atoms with Crippen molar-refractivity contribution in [3.8, 4) is 5.69 Å². The molecule has 0 unspecified atom stereocenters. The van der Waals surface area contributed by atoms with Gasteiger partial charge in [-0.15, -0.1) is 0 Å². The van der Waals surface area contributed by atoms with Crippen molar-refractivity contribution < 1.29 is 10.0 Å². The molecule has 0 radical (unpaired) electrons. The Morgan fingerprint density at radius 2 is 1.76 bits per heavy atom. The number of para-hydroxylation sites is 1. The topological polar surface area (TPSA) is 160 Å². The van der Waals surface area contributed by atoms with Gasteiger partial charge in [0.15, 0.2) is 0 Å². The molecule has 1 atom stereocenters. The van der Waals surface area contributed by atoms with E-state index in [2.05, 4.69) is 20.6 Å². The summed E-state index contributed by atoms with van der Waals surface area (Å²) in [7, 11) is 0. The Kier molecular flexibility index (Phi) is 7.88. The Labute approximate surface area is 236 Å². The number of nitrogens with one attached hydrogen (secondary N) is 3. The van der Waals surface area contributed by atoms with Crippen LogP contribution in [-0.4, -0.2) is 30.6 Å². The quantitative estimate of drug-likeness (QED) is 0.133. The van der Waals surface area contributed by atoms with E-state index in [-0.39, 0.29) is 17.5 Å². The lowest BCUT2D eigenvalue weighted by Gasteiger charge is -2.23. The van der Waals surface area contributed by atoms with Gasteiger partial charge in [0.05, 0.1) is 22.6 Å². The molecular formula is C30H30N8O3. The van der Waals surface area contributed by atoms with Gasteiger partial charge in [-0.2, -0.15) is 4.98 Å². The van der Waals surface area contributed by atoms with Crippen LogP contribution in [-0.2, 0) is 6.54 Å². The number of hydrogen-bond donors (Lipinski definition) is 5. The van der Waals surface area contributed by atoms with E-state index in [1.807, 2.05) is 62.4 Å². The van der Waals surface area contributed by atoms with Gasteiger partial charge in [-0.25, -0.2) is 15.4 Å². The molecule has 11 heteroatoms. The van der Waals surface area contributed by atoms with Crippen LogP contribution in [0.15, 0.2) is 83.7 Å². The Morgan fingerprint density at radius 3 is 2.44 bits per heavy atom. The molecule has 0 aliphatic heterocycles. The number of hydrogen-bond acceptors (Lipinski definition) is 9. The highest BCUT2D eigenvalue weighted by Gasteiger charge is 2.22. The number of fused-ring (bicyclic) bond motifs is 1. The molecule has 1 amide bonds. The van der Waals surface area contributed by atoms with Crippen LogP contribution in [0.1, 0.15) is 46.8 Å². The maximum Gasteiger partial charge on any atom is 0.274 e. The van der Waals surface area contributed by atoms with Crippen molar-refractivity contribution in [2.75, 3.05) is 16.4 Å². The number of aryl methyl sites for hydroxylation is 1. The molecule has 5 rings (SSSR count). The van der Waals surface area contributed by atoms with Gasteiger partial charge in [0, 0.05) is 29.6 Å². The number of benzene rings is 3. The summed E-state index contributed by atoms with van der Waals surface area (Å²) in [6.07, 6.45) is 0.621. The first-order valence-corrected chi connectivity index (χ1v) is 13.1. The molecule has 6 N–H and O–H groups in total. The average Bonchev–Trinajstić information content (AvgIpc) is 2.98. The number of nitrogen functional groups attached to an aromatic ring is 1. The Morgan fingerprint density at radius 1 is 1.00 bits per heavy atom. The summed E-state index contributed by atoms with van der Waals surface area (Å²) in [4.78, 5) is 39.3. The third-order valence-electron chi connectivity index (χ3n) is 6.65. The van der Waals surface area contributed by atoms with Crippen molar-refractivity contribution >= 4 is 34.3 Å². The van der Waals surface area contributed by atoms with Gasteiger partial charge in [0.1, 0.15) is 11.6 Å². The van der Waals surface area contributed by atoms with E-state index in [9.17, 15) is 9.59 Å². The second-order valence-electron chi connectivity index (χ2n) is 9.50. The lowest BCUT2D eigenvalue weighted by Crippen LogP contribution is -2.28. The Bertz CT molecular complexity index is 1730. The number of nitrogens with zero attached hydrogens (tertiary/aromatic N) is 4. The van der Waals surface area contributed by atoms with Gasteiger partial charge in [-0.1, -0.05) is 43.3 Å². The van der Waals surface area contributed by atoms with Crippen molar-refractivity contribution in [3.63, 3.8) is 0 Å². The molecule has 0 bridgehead atoms. The minimum atomic E-state index is -0.583. The molecule has 11 nitrogen and oxygen atoms in total. The van der Waals surface area contributed by atoms with Crippen LogP contribution in [0.2, 0.25) is 0 Å². The zero-order valence-corrected chi connectivity index (χ0v) is 22.6. The normalized spacial score (nSPS) is 11.7. The first kappa shape index (κ1) is 27.3. The fourth-order valence-electron chi connectivity index (χ4n) is 4.68. The molecule has 41 heavy (non-hydrogen) atoms. The molecule has 0 aliphatic carbocycles. The van der Waals surface area contributed by atoms with E-state index in [1.165, 1.54) is 0 Å². The van der Waals surface area contributed by atoms with Crippen molar-refractivity contribution in [2.45, 2.75) is 32.9 Å². The number of rotatable bonds is 9. The maximum atomic E-state index is 14.3. The predicted molar refractivity (Wildman–Crippen MR) is 158 cm³/mol. The minimum absolute atomic E-state index is 0.163. The summed E-state index contributed by atoms with van der Waals surface area (Å²) in [5.74, 6) is 0.672. The molecule has 208 valence electrons. The highest BCUT2D eigenvalue weighted by Crippen LogP contribution is 2.27. The van der Waals surface area contributed by atoms with Crippen LogP contribution in [0.5, 0.6) is 0 Å². The summed E-state index contributed by atoms with van der Waals surface area (Å²) in [5.41, 5.74) is 11.1. The van der Waals surface area contributed by atoms with Crippen LogP contribution in [0, 0.1) is 6.92 Å². The molecular weight excluding hydrogens is 520 g/mol. The van der Waals surface area contributed by atoms with E-state index in [0.29, 0.717) is 52.4 Å². The van der Waals surface area contributed by atoms with E-state index >= 15 is 0 Å². The first-order valence-electron chi connectivity index (χ1n) is 13.1. The molecule has 0 aliphatic rings. The molecule has 5 aromatic rings. The van der Waals surface area contributed by atoms with Crippen LogP contribution in [0.3, 0.4) is 0 Å². The molecule has 2 aromatic heterocycles. The van der Waals surface area contributed by atoms with Crippen LogP contribution in [0.25, 0.3) is 16.6 Å². The average molecular weight is 551 g/mol. The summed E-state index contributed by atoms with van der Waals surface area (Å²) >= 11 is 0. The Hall–Kier alpha value is -5.29. The molecule has 0 saturated heterocycles. The standard InChI is InChI=1S/C30H30N8O3/c1-3-22(34-25-16-18(2)33-30(31)36-25)27-35-24-11-7-10-23(26(24)29(40)38(27)21-8-5-4-6-9-21)32-17-19-12-14-20(15-13-19)28(39)37-41/h4-16,22,32,41H,3,17H2,1-2H3,(H,37,39)(H3,31,33,34,36)/t22-/m0/s1. The second kappa shape index (κ2) is 11.8. The Balaban J connectivity index is 1.57. The number of carbonyl (C=O) groups excluding carboxylic acids is 1. The molecule has 0 fully saturated rings. The monoisotopic (exact) mass is 550 g/mol. The van der Waals surface area contributed by atoms with Gasteiger partial charge < -0.3 is 16.4 Å². The lowest BCUT2D eigenvalue weighted by molar-refractivity contribution is 0.0706. The van der Waals surface area contributed by atoms with E-state index < -0.39 is 5.91 Å². The zero-order chi connectivity index (χ0) is 28.9. The number of aromatic nitrogens is 4. The first-order chi connectivity index (χ1) is 19.9. The number of nitrogens with two attached hydrogens (primary N) is 1. The molecule has 2 heterocycles. The van der Waals surface area contributed by atoms with Gasteiger partial charge in [-0.05, 0) is 55.3 Å². The van der Waals surface area contributed by atoms with Crippen molar-refractivity contribution in [1.29, 1.82) is 0 Å². The zero-order valence-electron chi connectivity index (χ0n) is 22.6. The number of anilines is 3. The van der Waals surface area contributed by atoms with E-state index in [1.54, 1.807) is 40.4 Å². The smallest absolute Gasteiger partial charge is 0.274 e. The van der Waals surface area contributed by atoms with Gasteiger partial charge >= 0.3 is 0 Å². The lowest BCUT2D eigenvalue weighted by atomic mass is 10.1. The van der Waals surface area contributed by atoms with E-state index in [0.717, 1.165) is 11.3 Å². The number of carbonyl (C=O) groups is 1. The number of amides is 1. The van der Waals surface area contributed by atoms with Crippen LogP contribution < -0.4 is 27.4 Å². The van der Waals surface area contributed by atoms with E-state index in [4.69, 9.17) is 15.9 Å². The minimum Gasteiger partial charge on any atom is -0.380 e. The van der Waals surface area contributed by atoms with Gasteiger partial charge in [0.2, 0.25) is 5.95 Å². The van der Waals surface area contributed by atoms with Crippen LogP contribution >= 0.6 is 0 Å². The summed E-state index contributed by atoms with van der Waals surface area (Å²) < 4.78 is 1.63. The van der Waals surface area contributed by atoms with Crippen molar-refractivity contribution in [3.05, 3.63) is 112 Å². The second-order valence-corrected chi connectivity index (χ2v) is 9.50. The van der Waals surface area contributed by atoms with Gasteiger partial charge in [-0.3, -0.25) is 19.4 Å². The maximum absolute atomic E-state index is 14.3. The fraction of sp³-hybridized carbons (Fsp3) is 0.167. The van der Waals surface area contributed by atoms with Gasteiger partial charge in [0.25, 0.3) is 11.5 Å². The third-order valence-corrected chi connectivity index (χ3v) is 6.65.